The van der Waals surface area contributed by atoms with Crippen molar-refractivity contribution in [2.75, 3.05) is 12.0 Å². The van der Waals surface area contributed by atoms with Gasteiger partial charge in [0.25, 0.3) is 0 Å². The SMILES string of the molecule is CC(C)(C)CCOc1cncc(NN)n1. The summed E-state index contributed by atoms with van der Waals surface area (Å²) in [6.45, 7) is 7.13. The largest absolute Gasteiger partial charge is 0.477 e. The molecule has 0 radical (unpaired) electrons. The van der Waals surface area contributed by atoms with E-state index in [1.165, 1.54) is 6.20 Å². The highest BCUT2D eigenvalue weighted by Gasteiger charge is 2.10. The lowest BCUT2D eigenvalue weighted by Crippen LogP contribution is -2.13. The predicted molar refractivity (Wildman–Crippen MR) is 59.4 cm³/mol. The zero-order valence-electron chi connectivity index (χ0n) is 9.45. The van der Waals surface area contributed by atoms with E-state index in [1.54, 1.807) is 6.20 Å². The number of hydrogen-bond acceptors (Lipinski definition) is 5. The number of nitrogens with zero attached hydrogens (tertiary/aromatic N) is 2. The van der Waals surface area contributed by atoms with Crippen molar-refractivity contribution in [1.29, 1.82) is 0 Å². The Hall–Kier alpha value is -1.36. The van der Waals surface area contributed by atoms with Gasteiger partial charge >= 0.3 is 0 Å². The van der Waals surface area contributed by atoms with Gasteiger partial charge in [-0.2, -0.15) is 4.98 Å². The number of nitrogen functional groups attached to an aromatic ring is 1. The first kappa shape index (κ1) is 11.7. The van der Waals surface area contributed by atoms with Gasteiger partial charge in [-0.1, -0.05) is 20.8 Å². The third kappa shape index (κ3) is 4.60. The van der Waals surface area contributed by atoms with E-state index in [-0.39, 0.29) is 5.41 Å². The number of hydrazine groups is 1. The molecular formula is C10H18N4O. The molecule has 5 nitrogen and oxygen atoms in total. The van der Waals surface area contributed by atoms with Gasteiger partial charge in [-0.3, -0.25) is 4.98 Å². The predicted octanol–water partition coefficient (Wildman–Crippen LogP) is 1.58. The Morgan fingerprint density at radius 2 is 2.13 bits per heavy atom. The van der Waals surface area contributed by atoms with E-state index in [2.05, 4.69) is 36.2 Å². The van der Waals surface area contributed by atoms with Gasteiger partial charge in [-0.05, 0) is 11.8 Å². The average Bonchev–Trinajstić information content (AvgIpc) is 2.16. The Bertz CT molecular complexity index is 309. The quantitative estimate of drug-likeness (QED) is 0.583. The van der Waals surface area contributed by atoms with Crippen molar-refractivity contribution in [2.24, 2.45) is 11.3 Å². The van der Waals surface area contributed by atoms with Crippen LogP contribution < -0.4 is 16.0 Å². The summed E-state index contributed by atoms with van der Waals surface area (Å²) in [5, 5.41) is 0. The lowest BCUT2D eigenvalue weighted by molar-refractivity contribution is 0.236. The average molecular weight is 210 g/mol. The smallest absolute Gasteiger partial charge is 0.234 e. The standard InChI is InChI=1S/C10H18N4O/c1-10(2,3)4-5-15-9-7-12-6-8(13-9)14-11/h6-7H,4-5,11H2,1-3H3,(H,13,14). The molecule has 1 heterocycles. The van der Waals surface area contributed by atoms with Crippen LogP contribution in [0.2, 0.25) is 0 Å². The summed E-state index contributed by atoms with van der Waals surface area (Å²) in [7, 11) is 0. The lowest BCUT2D eigenvalue weighted by atomic mass is 9.93. The van der Waals surface area contributed by atoms with Crippen LogP contribution in [-0.2, 0) is 0 Å². The maximum Gasteiger partial charge on any atom is 0.234 e. The van der Waals surface area contributed by atoms with Crippen LogP contribution in [0, 0.1) is 5.41 Å². The molecule has 1 aromatic heterocycles. The second-order valence-corrected chi connectivity index (χ2v) is 4.55. The molecule has 0 aliphatic carbocycles. The maximum absolute atomic E-state index is 5.46. The molecule has 5 heteroatoms. The minimum absolute atomic E-state index is 0.261. The summed E-state index contributed by atoms with van der Waals surface area (Å²) in [5.41, 5.74) is 2.68. The van der Waals surface area contributed by atoms with Crippen LogP contribution in [0.25, 0.3) is 0 Å². The fraction of sp³-hybridized carbons (Fsp3) is 0.600. The number of nitrogens with one attached hydrogen (secondary N) is 1. The summed E-state index contributed by atoms with van der Waals surface area (Å²) in [6.07, 6.45) is 4.08. The first-order chi connectivity index (χ1) is 7.01. The van der Waals surface area contributed by atoms with Gasteiger partial charge in [0, 0.05) is 0 Å². The van der Waals surface area contributed by atoms with E-state index < -0.39 is 0 Å². The van der Waals surface area contributed by atoms with E-state index >= 15 is 0 Å². The highest BCUT2D eigenvalue weighted by atomic mass is 16.5. The van der Waals surface area contributed by atoms with Gasteiger partial charge in [0.05, 0.1) is 19.0 Å². The Morgan fingerprint density at radius 1 is 1.40 bits per heavy atom. The summed E-state index contributed by atoms with van der Waals surface area (Å²) >= 11 is 0. The molecule has 0 fully saturated rings. The number of anilines is 1. The minimum atomic E-state index is 0.261. The van der Waals surface area contributed by atoms with E-state index in [4.69, 9.17) is 10.6 Å². The highest BCUT2D eigenvalue weighted by Crippen LogP contribution is 2.18. The van der Waals surface area contributed by atoms with Crippen molar-refractivity contribution in [1.82, 2.24) is 9.97 Å². The third-order valence-corrected chi connectivity index (χ3v) is 1.86. The molecule has 15 heavy (non-hydrogen) atoms. The van der Waals surface area contributed by atoms with Crippen LogP contribution >= 0.6 is 0 Å². The zero-order chi connectivity index (χ0) is 11.3. The second kappa shape index (κ2) is 4.93. The molecule has 0 amide bonds. The Labute approximate surface area is 90.0 Å². The zero-order valence-corrected chi connectivity index (χ0v) is 9.45. The first-order valence-corrected chi connectivity index (χ1v) is 4.93. The van der Waals surface area contributed by atoms with Crippen molar-refractivity contribution >= 4 is 5.82 Å². The molecule has 0 saturated carbocycles. The molecule has 0 aromatic carbocycles. The molecule has 0 bridgehead atoms. The van der Waals surface area contributed by atoms with Crippen LogP contribution in [0.3, 0.4) is 0 Å². The summed E-state index contributed by atoms with van der Waals surface area (Å²) < 4.78 is 5.46. The van der Waals surface area contributed by atoms with E-state index in [1.807, 2.05) is 0 Å². The topological polar surface area (TPSA) is 73.1 Å². The number of nitrogens with two attached hydrogens (primary N) is 1. The molecule has 1 rings (SSSR count). The first-order valence-electron chi connectivity index (χ1n) is 4.93. The number of hydrogen-bond donors (Lipinski definition) is 2. The van der Waals surface area contributed by atoms with Gasteiger partial charge in [-0.15, -0.1) is 0 Å². The molecule has 1 aromatic rings. The summed E-state index contributed by atoms with van der Waals surface area (Å²) in [5.74, 6) is 6.21. The molecule has 0 saturated heterocycles. The summed E-state index contributed by atoms with van der Waals surface area (Å²) in [4.78, 5) is 8.03. The van der Waals surface area contributed by atoms with Crippen LogP contribution in [0.5, 0.6) is 5.88 Å². The maximum atomic E-state index is 5.46. The number of rotatable bonds is 4. The molecule has 3 N–H and O–H groups in total. The van der Waals surface area contributed by atoms with Crippen LogP contribution in [0.4, 0.5) is 5.82 Å². The Morgan fingerprint density at radius 3 is 2.73 bits per heavy atom. The van der Waals surface area contributed by atoms with Gasteiger partial charge in [-0.25, -0.2) is 5.84 Å². The van der Waals surface area contributed by atoms with E-state index in [0.29, 0.717) is 18.3 Å². The van der Waals surface area contributed by atoms with Gasteiger partial charge < -0.3 is 10.2 Å². The molecule has 0 spiro atoms. The fourth-order valence-corrected chi connectivity index (χ4v) is 0.949. The molecule has 0 atom stereocenters. The van der Waals surface area contributed by atoms with Gasteiger partial charge in [0.2, 0.25) is 5.88 Å². The van der Waals surface area contributed by atoms with E-state index in [9.17, 15) is 0 Å². The monoisotopic (exact) mass is 210 g/mol. The van der Waals surface area contributed by atoms with Crippen LogP contribution in [0.15, 0.2) is 12.4 Å². The lowest BCUT2D eigenvalue weighted by Gasteiger charge is -2.17. The number of aromatic nitrogens is 2. The van der Waals surface area contributed by atoms with Crippen molar-refractivity contribution in [3.8, 4) is 5.88 Å². The molecular weight excluding hydrogens is 192 g/mol. The summed E-state index contributed by atoms with van der Waals surface area (Å²) in [6, 6.07) is 0. The van der Waals surface area contributed by atoms with Gasteiger partial charge in [0.1, 0.15) is 0 Å². The molecule has 0 aliphatic heterocycles. The molecule has 0 unspecified atom stereocenters. The molecule has 84 valence electrons. The van der Waals surface area contributed by atoms with E-state index in [0.717, 1.165) is 6.42 Å². The van der Waals surface area contributed by atoms with Crippen molar-refractivity contribution in [3.05, 3.63) is 12.4 Å². The minimum Gasteiger partial charge on any atom is -0.477 e. The molecule has 0 aliphatic rings. The third-order valence-electron chi connectivity index (χ3n) is 1.86. The van der Waals surface area contributed by atoms with Gasteiger partial charge in [0.15, 0.2) is 5.82 Å². The number of ether oxygens (including phenoxy) is 1. The normalized spacial score (nSPS) is 11.2. The Kier molecular flexibility index (Phi) is 3.85. The van der Waals surface area contributed by atoms with Crippen molar-refractivity contribution < 1.29 is 4.74 Å². The highest BCUT2D eigenvalue weighted by molar-refractivity contribution is 5.31. The van der Waals surface area contributed by atoms with Crippen molar-refractivity contribution in [2.45, 2.75) is 27.2 Å². The van der Waals surface area contributed by atoms with Crippen LogP contribution in [0.1, 0.15) is 27.2 Å². The fourth-order valence-electron chi connectivity index (χ4n) is 0.949. The van der Waals surface area contributed by atoms with Crippen molar-refractivity contribution in [3.63, 3.8) is 0 Å². The Balaban J connectivity index is 2.44. The second-order valence-electron chi connectivity index (χ2n) is 4.55. The van der Waals surface area contributed by atoms with Crippen LogP contribution in [-0.4, -0.2) is 16.6 Å².